The average molecular weight is 401 g/mol. The summed E-state index contributed by atoms with van der Waals surface area (Å²) >= 11 is 6.15. The van der Waals surface area contributed by atoms with Gasteiger partial charge in [-0.15, -0.1) is 0 Å². The summed E-state index contributed by atoms with van der Waals surface area (Å²) in [6.07, 6.45) is 4.73. The number of nitrogens with one attached hydrogen (secondary N) is 1. The molecular formula is C20H18ClFN4O2. The number of ether oxygens (including phenoxy) is 1. The van der Waals surface area contributed by atoms with Crippen molar-refractivity contribution in [3.63, 3.8) is 0 Å². The maximum Gasteiger partial charge on any atom is 0.248 e. The Bertz CT molecular complexity index is 1040. The maximum atomic E-state index is 14.4. The molecule has 2 aromatic heterocycles. The van der Waals surface area contributed by atoms with E-state index in [4.69, 9.17) is 16.3 Å². The highest BCUT2D eigenvalue weighted by Gasteiger charge is 2.15. The van der Waals surface area contributed by atoms with E-state index >= 15 is 0 Å². The summed E-state index contributed by atoms with van der Waals surface area (Å²) in [6.45, 7) is 2.44. The van der Waals surface area contributed by atoms with Gasteiger partial charge in [0.05, 0.1) is 24.6 Å². The third-order valence-corrected chi connectivity index (χ3v) is 4.76. The summed E-state index contributed by atoms with van der Waals surface area (Å²) in [5, 5.41) is 2.96. The van der Waals surface area contributed by atoms with Crippen molar-refractivity contribution in [3.05, 3.63) is 65.3 Å². The molecule has 0 unspecified atom stereocenters. The van der Waals surface area contributed by atoms with Gasteiger partial charge < -0.3 is 15.0 Å². The first-order valence-corrected chi connectivity index (χ1v) is 9.23. The monoisotopic (exact) mass is 400 g/mol. The molecule has 144 valence electrons. The standard InChI is InChI=1S/C20H18ClFN4O2/c21-20-17(26-8-2-1-3-18(26)24-20)6-7-19(27)23-14-4-5-16(15(22)13-14)25-9-11-28-12-10-25/h1-8,13H,9-12H2,(H,23,27)/b7-6+. The average Bonchev–Trinajstić information content (AvgIpc) is 3.02. The van der Waals surface area contributed by atoms with E-state index in [1.54, 1.807) is 22.6 Å². The summed E-state index contributed by atoms with van der Waals surface area (Å²) < 4.78 is 21.5. The number of halogens is 2. The maximum absolute atomic E-state index is 14.4. The molecule has 0 saturated carbocycles. The van der Waals surface area contributed by atoms with Crippen LogP contribution in [0.25, 0.3) is 11.7 Å². The fraction of sp³-hybridized carbons (Fsp3) is 0.200. The van der Waals surface area contributed by atoms with Gasteiger partial charge in [-0.3, -0.25) is 9.20 Å². The van der Waals surface area contributed by atoms with Gasteiger partial charge in [0.1, 0.15) is 11.5 Å². The number of amides is 1. The summed E-state index contributed by atoms with van der Waals surface area (Å²) in [6, 6.07) is 10.2. The van der Waals surface area contributed by atoms with Crippen molar-refractivity contribution < 1.29 is 13.9 Å². The zero-order valence-electron chi connectivity index (χ0n) is 14.9. The van der Waals surface area contributed by atoms with Crippen molar-refractivity contribution in [1.29, 1.82) is 0 Å². The van der Waals surface area contributed by atoms with Crippen molar-refractivity contribution >= 4 is 40.6 Å². The van der Waals surface area contributed by atoms with E-state index in [0.29, 0.717) is 54.2 Å². The zero-order chi connectivity index (χ0) is 19.5. The molecule has 28 heavy (non-hydrogen) atoms. The Balaban J connectivity index is 1.46. The lowest BCUT2D eigenvalue weighted by Crippen LogP contribution is -2.36. The summed E-state index contributed by atoms with van der Waals surface area (Å²) in [7, 11) is 0. The molecular weight excluding hydrogens is 383 g/mol. The minimum absolute atomic E-state index is 0.302. The molecule has 4 rings (SSSR count). The Morgan fingerprint density at radius 3 is 2.86 bits per heavy atom. The van der Waals surface area contributed by atoms with Gasteiger partial charge in [-0.25, -0.2) is 9.37 Å². The van der Waals surface area contributed by atoms with Crippen LogP contribution in [0.5, 0.6) is 0 Å². The molecule has 0 atom stereocenters. The highest BCUT2D eigenvalue weighted by atomic mass is 35.5. The largest absolute Gasteiger partial charge is 0.378 e. The van der Waals surface area contributed by atoms with E-state index in [-0.39, 0.29) is 11.7 Å². The minimum Gasteiger partial charge on any atom is -0.378 e. The Morgan fingerprint density at radius 2 is 2.07 bits per heavy atom. The second-order valence-corrected chi connectivity index (χ2v) is 6.66. The molecule has 1 aliphatic heterocycles. The molecule has 1 aliphatic rings. The van der Waals surface area contributed by atoms with Gasteiger partial charge in [-0.2, -0.15) is 0 Å². The van der Waals surface area contributed by atoms with Gasteiger partial charge in [0.15, 0.2) is 5.15 Å². The zero-order valence-corrected chi connectivity index (χ0v) is 15.7. The Hall–Kier alpha value is -2.90. The van der Waals surface area contributed by atoms with Crippen molar-refractivity contribution in [2.45, 2.75) is 0 Å². The summed E-state index contributed by atoms with van der Waals surface area (Å²) in [4.78, 5) is 18.4. The Kier molecular flexibility index (Phi) is 5.27. The second kappa shape index (κ2) is 8.00. The molecule has 0 aliphatic carbocycles. The summed E-state index contributed by atoms with van der Waals surface area (Å²) in [5.74, 6) is -0.769. The van der Waals surface area contributed by atoms with Gasteiger partial charge in [-0.05, 0) is 36.4 Å². The number of hydrogen-bond donors (Lipinski definition) is 1. The fourth-order valence-corrected chi connectivity index (χ4v) is 3.36. The lowest BCUT2D eigenvalue weighted by atomic mass is 10.2. The number of anilines is 2. The number of pyridine rings is 1. The fourth-order valence-electron chi connectivity index (χ4n) is 3.12. The predicted molar refractivity (Wildman–Crippen MR) is 107 cm³/mol. The SMILES string of the molecule is O=C(/C=C/c1c(Cl)nc2ccccn12)Nc1ccc(N2CCOCC2)c(F)c1. The first kappa shape index (κ1) is 18.5. The molecule has 0 bridgehead atoms. The number of imidazole rings is 1. The lowest BCUT2D eigenvalue weighted by Gasteiger charge is -2.29. The third kappa shape index (κ3) is 3.85. The molecule has 3 aromatic rings. The van der Waals surface area contributed by atoms with Crippen LogP contribution in [-0.2, 0) is 9.53 Å². The number of morpholine rings is 1. The minimum atomic E-state index is -0.388. The number of hydrogen-bond acceptors (Lipinski definition) is 4. The van der Waals surface area contributed by atoms with E-state index in [1.165, 1.54) is 12.1 Å². The third-order valence-electron chi connectivity index (χ3n) is 4.48. The van der Waals surface area contributed by atoms with Gasteiger partial charge in [0.2, 0.25) is 5.91 Å². The van der Waals surface area contributed by atoms with Crippen LogP contribution >= 0.6 is 11.6 Å². The Labute approximate surface area is 166 Å². The highest BCUT2D eigenvalue weighted by Crippen LogP contribution is 2.24. The van der Waals surface area contributed by atoms with E-state index in [1.807, 2.05) is 29.3 Å². The number of benzene rings is 1. The van der Waals surface area contributed by atoms with Gasteiger partial charge in [0.25, 0.3) is 0 Å². The van der Waals surface area contributed by atoms with Crippen LogP contribution in [0.3, 0.4) is 0 Å². The number of carbonyl (C=O) groups excluding carboxylic acids is 1. The molecule has 0 radical (unpaired) electrons. The van der Waals surface area contributed by atoms with Crippen LogP contribution in [-0.4, -0.2) is 41.6 Å². The molecule has 6 nitrogen and oxygen atoms in total. The number of rotatable bonds is 4. The number of carbonyl (C=O) groups is 1. The number of aromatic nitrogens is 2. The summed E-state index contributed by atoms with van der Waals surface area (Å²) in [5.41, 5.74) is 2.18. The van der Waals surface area contributed by atoms with E-state index in [0.717, 1.165) is 0 Å². The first-order chi connectivity index (χ1) is 13.6. The molecule has 1 fully saturated rings. The first-order valence-electron chi connectivity index (χ1n) is 8.86. The smallest absolute Gasteiger partial charge is 0.248 e. The van der Waals surface area contributed by atoms with E-state index in [2.05, 4.69) is 10.3 Å². The van der Waals surface area contributed by atoms with E-state index < -0.39 is 0 Å². The molecule has 3 heterocycles. The van der Waals surface area contributed by atoms with Crippen molar-refractivity contribution in [3.8, 4) is 0 Å². The van der Waals surface area contributed by atoms with Crippen LogP contribution in [0, 0.1) is 5.82 Å². The van der Waals surface area contributed by atoms with Crippen molar-refractivity contribution in [1.82, 2.24) is 9.38 Å². The molecule has 1 saturated heterocycles. The van der Waals surface area contributed by atoms with Crippen LogP contribution < -0.4 is 10.2 Å². The Morgan fingerprint density at radius 1 is 1.25 bits per heavy atom. The van der Waals surface area contributed by atoms with Gasteiger partial charge in [0, 0.05) is 31.0 Å². The molecule has 0 spiro atoms. The van der Waals surface area contributed by atoms with Gasteiger partial charge >= 0.3 is 0 Å². The lowest BCUT2D eigenvalue weighted by molar-refractivity contribution is -0.111. The highest BCUT2D eigenvalue weighted by molar-refractivity contribution is 6.31. The molecule has 1 N–H and O–H groups in total. The number of nitrogens with zero attached hydrogens (tertiary/aromatic N) is 3. The van der Waals surface area contributed by atoms with Crippen molar-refractivity contribution in [2.24, 2.45) is 0 Å². The van der Waals surface area contributed by atoms with E-state index in [9.17, 15) is 9.18 Å². The molecule has 1 amide bonds. The predicted octanol–water partition coefficient (Wildman–Crippen LogP) is 3.62. The van der Waals surface area contributed by atoms with Gasteiger partial charge in [-0.1, -0.05) is 17.7 Å². The number of fused-ring (bicyclic) bond motifs is 1. The van der Waals surface area contributed by atoms with Crippen LogP contribution in [0.4, 0.5) is 15.8 Å². The second-order valence-electron chi connectivity index (χ2n) is 6.30. The van der Waals surface area contributed by atoms with Crippen LogP contribution in [0.2, 0.25) is 5.15 Å². The van der Waals surface area contributed by atoms with Crippen LogP contribution in [0.1, 0.15) is 5.69 Å². The van der Waals surface area contributed by atoms with Crippen LogP contribution in [0.15, 0.2) is 48.7 Å². The van der Waals surface area contributed by atoms with Crippen molar-refractivity contribution in [2.75, 3.05) is 36.5 Å². The topological polar surface area (TPSA) is 58.9 Å². The quantitative estimate of drug-likeness (QED) is 0.680. The molecule has 1 aromatic carbocycles. The normalized spacial score (nSPS) is 14.7. The molecule has 8 heteroatoms.